The number of esters is 1. The number of Topliss-reactive ketones (excluding diaryl/α,β-unsaturated/α-hetero) is 1. The van der Waals surface area contributed by atoms with Crippen molar-refractivity contribution in [2.24, 2.45) is 17.8 Å². The van der Waals surface area contributed by atoms with Crippen LogP contribution in [-0.4, -0.2) is 51.0 Å². The molecule has 0 N–H and O–H groups in total. The molecule has 0 bridgehead atoms. The molecule has 11 nitrogen and oxygen atoms in total. The number of benzene rings is 3. The van der Waals surface area contributed by atoms with E-state index in [-0.39, 0.29) is 44.1 Å². The second-order valence-electron chi connectivity index (χ2n) is 10.7. The third kappa shape index (κ3) is 6.20. The van der Waals surface area contributed by atoms with Gasteiger partial charge in [-0.15, -0.1) is 0 Å². The van der Waals surface area contributed by atoms with Gasteiger partial charge in [-0.05, 0) is 79.8 Å². The molecule has 0 unspecified atom stereocenters. The number of nitro benzene ring substituents is 1. The van der Waals surface area contributed by atoms with E-state index < -0.39 is 52.8 Å². The number of carbonyl (C=O) groups excluding carboxylic acids is 5. The zero-order chi connectivity index (χ0) is 31.7. The number of amides is 3. The molecule has 3 atom stereocenters. The lowest BCUT2D eigenvalue weighted by molar-refractivity contribution is -0.384. The maximum Gasteiger partial charge on any atom is 0.343 e. The lowest BCUT2D eigenvalue weighted by atomic mass is 9.76. The second-order valence-corrected chi connectivity index (χ2v) is 11.6. The highest BCUT2D eigenvalue weighted by molar-refractivity contribution is 6.36. The van der Waals surface area contributed by atoms with E-state index in [1.54, 1.807) is 0 Å². The van der Waals surface area contributed by atoms with Gasteiger partial charge in [-0.25, -0.2) is 9.80 Å². The molecule has 3 aromatic carbocycles. The maximum absolute atomic E-state index is 13.8. The predicted octanol–water partition coefficient (Wildman–Crippen LogP) is 5.78. The molecule has 0 radical (unpaired) electrons. The summed E-state index contributed by atoms with van der Waals surface area (Å²) in [5.41, 5.74) is -0.0203. The van der Waals surface area contributed by atoms with Crippen molar-refractivity contribution in [1.82, 2.24) is 10.0 Å². The summed E-state index contributed by atoms with van der Waals surface area (Å²) in [6, 6.07) is 14.5. The van der Waals surface area contributed by atoms with Gasteiger partial charge in [0, 0.05) is 22.7 Å². The van der Waals surface area contributed by atoms with Crippen LogP contribution in [0.25, 0.3) is 0 Å². The number of ether oxygens (including phenoxy) is 1. The van der Waals surface area contributed by atoms with Crippen LogP contribution in [0.1, 0.15) is 57.3 Å². The molecule has 226 valence electrons. The lowest BCUT2D eigenvalue weighted by Gasteiger charge is -2.30. The minimum Gasteiger partial charge on any atom is -0.423 e. The first-order valence-electron chi connectivity index (χ1n) is 13.7. The highest BCUT2D eigenvalue weighted by Gasteiger charge is 2.53. The van der Waals surface area contributed by atoms with Crippen LogP contribution in [0, 0.1) is 27.9 Å². The van der Waals surface area contributed by atoms with E-state index in [2.05, 4.69) is 0 Å². The van der Waals surface area contributed by atoms with Crippen molar-refractivity contribution in [3.05, 3.63) is 104 Å². The minimum absolute atomic E-state index is 0.00993. The monoisotopic (exact) mass is 637 g/mol. The number of rotatable bonds is 8. The van der Waals surface area contributed by atoms with Crippen LogP contribution in [-0.2, 0) is 9.59 Å². The molecule has 0 aromatic heterocycles. The number of fused-ring (bicyclic) bond motifs is 1. The van der Waals surface area contributed by atoms with Gasteiger partial charge in [0.15, 0.2) is 5.78 Å². The third-order valence-corrected chi connectivity index (χ3v) is 8.34. The van der Waals surface area contributed by atoms with Crippen molar-refractivity contribution >= 4 is 58.4 Å². The Balaban J connectivity index is 1.37. The number of hydrogen-bond acceptors (Lipinski definition) is 8. The molecule has 1 saturated heterocycles. The Morgan fingerprint density at radius 2 is 1.57 bits per heavy atom. The Hall–Kier alpha value is -4.61. The van der Waals surface area contributed by atoms with Crippen LogP contribution in [0.5, 0.6) is 5.75 Å². The van der Waals surface area contributed by atoms with E-state index in [1.165, 1.54) is 66.7 Å². The second kappa shape index (κ2) is 12.6. The van der Waals surface area contributed by atoms with E-state index >= 15 is 0 Å². The molecular weight excluding hydrogens is 613 g/mol. The number of nitrogens with zero attached hydrogens (tertiary/aromatic N) is 3. The third-order valence-electron chi connectivity index (χ3n) is 7.80. The van der Waals surface area contributed by atoms with Crippen molar-refractivity contribution in [2.45, 2.75) is 26.2 Å². The molecule has 13 heteroatoms. The van der Waals surface area contributed by atoms with Crippen molar-refractivity contribution in [3.8, 4) is 5.75 Å². The molecule has 1 saturated carbocycles. The summed E-state index contributed by atoms with van der Waals surface area (Å²) in [4.78, 5) is 76.9. The Morgan fingerprint density at radius 3 is 2.20 bits per heavy atom. The van der Waals surface area contributed by atoms with Crippen LogP contribution in [0.4, 0.5) is 5.69 Å². The topological polar surface area (TPSA) is 144 Å². The Labute approximate surface area is 261 Å². The van der Waals surface area contributed by atoms with Crippen molar-refractivity contribution in [2.75, 3.05) is 6.54 Å². The smallest absolute Gasteiger partial charge is 0.343 e. The molecule has 3 amide bonds. The predicted molar refractivity (Wildman–Crippen MR) is 158 cm³/mol. The number of hydrogen-bond donors (Lipinski definition) is 0. The fourth-order valence-corrected chi connectivity index (χ4v) is 5.96. The van der Waals surface area contributed by atoms with Gasteiger partial charge in [0.05, 0.1) is 32.9 Å². The first-order chi connectivity index (χ1) is 20.9. The minimum atomic E-state index is -0.818. The molecule has 2 fully saturated rings. The highest BCUT2D eigenvalue weighted by Crippen LogP contribution is 2.41. The standard InChI is InChI=1S/C31H25Cl2N3O8/c1-17-2-12-23-25(14-17)30(40)35(29(23)39)34(28(38)24-13-7-20(32)15-26(24)33)16-27(37)18-5-10-22(11-6-18)44-31(41)19-3-8-21(9-4-19)36(42)43/h3-11,13,15,17,23,25H,2,12,14,16H2,1H3/t17-,23-,25-/m1/s1. The summed E-state index contributed by atoms with van der Waals surface area (Å²) in [6.45, 7) is 1.36. The Bertz CT molecular complexity index is 1680. The number of hydrazine groups is 1. The van der Waals surface area contributed by atoms with Gasteiger partial charge in [-0.2, -0.15) is 5.01 Å². The molecule has 44 heavy (non-hydrogen) atoms. The number of halogens is 2. The fourth-order valence-electron chi connectivity index (χ4n) is 5.47. The number of carbonyl (C=O) groups is 5. The van der Waals surface area contributed by atoms with E-state index in [9.17, 15) is 34.1 Å². The van der Waals surface area contributed by atoms with Crippen LogP contribution < -0.4 is 4.74 Å². The van der Waals surface area contributed by atoms with Crippen LogP contribution >= 0.6 is 23.2 Å². The summed E-state index contributed by atoms with van der Waals surface area (Å²) in [5, 5.41) is 12.7. The summed E-state index contributed by atoms with van der Waals surface area (Å²) >= 11 is 12.3. The summed E-state index contributed by atoms with van der Waals surface area (Å²) < 4.78 is 5.30. The van der Waals surface area contributed by atoms with E-state index in [1.807, 2.05) is 6.92 Å². The van der Waals surface area contributed by atoms with Gasteiger partial charge in [0.2, 0.25) is 0 Å². The average Bonchev–Trinajstić information content (AvgIpc) is 3.24. The van der Waals surface area contributed by atoms with Crippen molar-refractivity contribution < 1.29 is 33.6 Å². The van der Waals surface area contributed by atoms with Gasteiger partial charge in [-0.3, -0.25) is 29.3 Å². The number of non-ortho nitro benzene ring substituents is 1. The zero-order valence-corrected chi connectivity index (χ0v) is 24.8. The van der Waals surface area contributed by atoms with Gasteiger partial charge in [-0.1, -0.05) is 30.1 Å². The van der Waals surface area contributed by atoms with E-state index in [0.29, 0.717) is 12.8 Å². The van der Waals surface area contributed by atoms with Crippen molar-refractivity contribution in [3.63, 3.8) is 0 Å². The average molecular weight is 638 g/mol. The van der Waals surface area contributed by atoms with E-state index in [0.717, 1.165) is 16.4 Å². The molecule has 1 aliphatic heterocycles. The largest absolute Gasteiger partial charge is 0.423 e. The summed E-state index contributed by atoms with van der Waals surface area (Å²) in [7, 11) is 0. The number of imide groups is 1. The molecule has 2 aliphatic rings. The van der Waals surface area contributed by atoms with Gasteiger partial charge < -0.3 is 4.74 Å². The molecule has 1 heterocycles. The van der Waals surface area contributed by atoms with Gasteiger partial charge >= 0.3 is 5.97 Å². The number of ketones is 1. The summed E-state index contributed by atoms with van der Waals surface area (Å²) in [5.74, 6) is -4.08. The normalized spacial score (nSPS) is 19.3. The fraction of sp³-hybridized carbons (Fsp3) is 0.258. The van der Waals surface area contributed by atoms with E-state index in [4.69, 9.17) is 27.9 Å². The zero-order valence-electron chi connectivity index (χ0n) is 23.3. The first-order valence-corrected chi connectivity index (χ1v) is 14.4. The maximum atomic E-state index is 13.8. The molecule has 5 rings (SSSR count). The number of nitro groups is 1. The van der Waals surface area contributed by atoms with Crippen LogP contribution in [0.15, 0.2) is 66.7 Å². The van der Waals surface area contributed by atoms with Crippen LogP contribution in [0.3, 0.4) is 0 Å². The van der Waals surface area contributed by atoms with Crippen LogP contribution in [0.2, 0.25) is 10.0 Å². The Morgan fingerprint density at radius 1 is 0.932 bits per heavy atom. The lowest BCUT2D eigenvalue weighted by Crippen LogP contribution is -2.52. The quantitative estimate of drug-likeness (QED) is 0.0754. The first kappa shape index (κ1) is 30.8. The van der Waals surface area contributed by atoms with Gasteiger partial charge in [0.25, 0.3) is 23.4 Å². The SMILES string of the molecule is C[C@@H]1CC[C@H]2C(=O)N(N(CC(=O)c3ccc(OC(=O)c4ccc([N+](=O)[O-])cc4)cc3)C(=O)c3ccc(Cl)cc3Cl)C(=O)[C@@H]2C1. The van der Waals surface area contributed by atoms with Gasteiger partial charge in [0.1, 0.15) is 12.3 Å². The molecule has 0 spiro atoms. The Kier molecular flexibility index (Phi) is 8.80. The molecule has 3 aromatic rings. The van der Waals surface area contributed by atoms with Crippen molar-refractivity contribution in [1.29, 1.82) is 0 Å². The highest BCUT2D eigenvalue weighted by atomic mass is 35.5. The summed E-state index contributed by atoms with van der Waals surface area (Å²) in [6.07, 6.45) is 1.78. The molecular formula is C31H25Cl2N3O8. The molecule has 1 aliphatic carbocycles.